The van der Waals surface area contributed by atoms with Crippen molar-refractivity contribution in [2.75, 3.05) is 39.3 Å². The number of benzene rings is 1. The third-order valence-electron chi connectivity index (χ3n) is 3.28. The van der Waals surface area contributed by atoms with E-state index in [0.29, 0.717) is 18.8 Å². The van der Waals surface area contributed by atoms with Crippen LogP contribution in [0, 0.1) is 0 Å². The number of hydrogen-bond acceptors (Lipinski definition) is 7. The first-order valence-corrected chi connectivity index (χ1v) is 6.99. The Bertz CT molecular complexity index is 576. The minimum Gasteiger partial charge on any atom is -0.465 e. The van der Waals surface area contributed by atoms with Crippen molar-refractivity contribution in [2.24, 2.45) is 0 Å². The molecule has 1 unspecified atom stereocenters. The second kappa shape index (κ2) is 7.70. The Morgan fingerprint density at radius 2 is 1.74 bits per heavy atom. The van der Waals surface area contributed by atoms with Gasteiger partial charge < -0.3 is 24.8 Å². The molecule has 8 nitrogen and oxygen atoms in total. The molecule has 8 heteroatoms. The van der Waals surface area contributed by atoms with Crippen molar-refractivity contribution in [3.8, 4) is 0 Å². The topological polar surface area (TPSA) is 103 Å². The number of esters is 2. The lowest BCUT2D eigenvalue weighted by Gasteiger charge is -2.23. The van der Waals surface area contributed by atoms with Crippen LogP contribution in [0.1, 0.15) is 20.7 Å². The van der Waals surface area contributed by atoms with Gasteiger partial charge in [-0.3, -0.25) is 4.79 Å². The summed E-state index contributed by atoms with van der Waals surface area (Å²) in [4.78, 5) is 35.6. The maximum atomic E-state index is 12.2. The number of anilines is 1. The van der Waals surface area contributed by atoms with Crippen molar-refractivity contribution < 1.29 is 28.6 Å². The van der Waals surface area contributed by atoms with Gasteiger partial charge in [-0.25, -0.2) is 9.59 Å². The summed E-state index contributed by atoms with van der Waals surface area (Å²) in [5.74, 6) is -1.56. The van der Waals surface area contributed by atoms with E-state index >= 15 is 0 Å². The van der Waals surface area contributed by atoms with E-state index < -0.39 is 18.0 Å². The lowest BCUT2D eigenvalue weighted by Crippen LogP contribution is -2.48. The van der Waals surface area contributed by atoms with Crippen molar-refractivity contribution in [3.05, 3.63) is 29.3 Å². The van der Waals surface area contributed by atoms with Crippen LogP contribution in [0.15, 0.2) is 18.2 Å². The summed E-state index contributed by atoms with van der Waals surface area (Å²) in [6, 6.07) is 3.71. The molecule has 1 amide bonds. The van der Waals surface area contributed by atoms with Gasteiger partial charge in [-0.2, -0.15) is 0 Å². The van der Waals surface area contributed by atoms with Crippen LogP contribution < -0.4 is 10.6 Å². The summed E-state index contributed by atoms with van der Waals surface area (Å²) in [5, 5.41) is 5.67. The van der Waals surface area contributed by atoms with Crippen LogP contribution >= 0.6 is 0 Å². The molecule has 23 heavy (non-hydrogen) atoms. The normalized spacial score (nSPS) is 17.2. The lowest BCUT2D eigenvalue weighted by atomic mass is 10.1. The average Bonchev–Trinajstić information content (AvgIpc) is 2.60. The van der Waals surface area contributed by atoms with E-state index in [9.17, 15) is 14.4 Å². The Kier molecular flexibility index (Phi) is 5.67. The standard InChI is InChI=1S/C15H18N2O6/c1-21-14(19)9-5-10(15(20)22-2)7-11(6-9)17-13(18)12-8-23-4-3-16-12/h5-7,12,16H,3-4,8H2,1-2H3,(H,17,18). The Morgan fingerprint density at radius 1 is 1.13 bits per heavy atom. The summed E-state index contributed by atoms with van der Waals surface area (Å²) < 4.78 is 14.5. The monoisotopic (exact) mass is 322 g/mol. The van der Waals surface area contributed by atoms with Crippen LogP contribution in [0.5, 0.6) is 0 Å². The van der Waals surface area contributed by atoms with Crippen molar-refractivity contribution >= 4 is 23.5 Å². The third kappa shape index (κ3) is 4.27. The molecule has 0 radical (unpaired) electrons. The Balaban J connectivity index is 2.23. The first-order chi connectivity index (χ1) is 11.0. The molecule has 1 aliphatic rings. The maximum absolute atomic E-state index is 12.2. The highest BCUT2D eigenvalue weighted by molar-refractivity contribution is 6.00. The van der Waals surface area contributed by atoms with Crippen LogP contribution in [-0.2, 0) is 19.0 Å². The van der Waals surface area contributed by atoms with E-state index in [0.717, 1.165) is 0 Å². The molecule has 1 atom stereocenters. The fourth-order valence-electron chi connectivity index (χ4n) is 2.13. The number of ether oxygens (including phenoxy) is 3. The summed E-state index contributed by atoms with van der Waals surface area (Å²) in [7, 11) is 2.46. The zero-order valence-corrected chi connectivity index (χ0v) is 12.9. The molecular weight excluding hydrogens is 304 g/mol. The van der Waals surface area contributed by atoms with E-state index in [1.807, 2.05) is 0 Å². The Morgan fingerprint density at radius 3 is 2.22 bits per heavy atom. The molecule has 2 N–H and O–H groups in total. The fourth-order valence-corrected chi connectivity index (χ4v) is 2.13. The zero-order chi connectivity index (χ0) is 16.8. The molecule has 2 rings (SSSR count). The molecule has 124 valence electrons. The first kappa shape index (κ1) is 16.9. The minimum absolute atomic E-state index is 0.138. The van der Waals surface area contributed by atoms with Crippen LogP contribution in [0.2, 0.25) is 0 Å². The smallest absolute Gasteiger partial charge is 0.337 e. The van der Waals surface area contributed by atoms with Gasteiger partial charge in [0.15, 0.2) is 0 Å². The number of morpholine rings is 1. The number of carbonyl (C=O) groups excluding carboxylic acids is 3. The van der Waals surface area contributed by atoms with Gasteiger partial charge in [-0.1, -0.05) is 0 Å². The predicted octanol–water partition coefficient (Wildman–Crippen LogP) is 0.187. The average molecular weight is 322 g/mol. The number of nitrogens with one attached hydrogen (secondary N) is 2. The van der Waals surface area contributed by atoms with Gasteiger partial charge in [-0.05, 0) is 18.2 Å². The molecule has 0 aliphatic carbocycles. The van der Waals surface area contributed by atoms with E-state index in [1.54, 1.807) is 0 Å². The molecule has 0 bridgehead atoms. The van der Waals surface area contributed by atoms with Gasteiger partial charge in [0.2, 0.25) is 5.91 Å². The van der Waals surface area contributed by atoms with Gasteiger partial charge in [0.1, 0.15) is 6.04 Å². The van der Waals surface area contributed by atoms with Gasteiger partial charge >= 0.3 is 11.9 Å². The second-order valence-corrected chi connectivity index (χ2v) is 4.85. The largest absolute Gasteiger partial charge is 0.465 e. The molecule has 1 aliphatic heterocycles. The Labute approximate surface area is 133 Å². The number of carbonyl (C=O) groups is 3. The minimum atomic E-state index is -0.620. The predicted molar refractivity (Wildman–Crippen MR) is 80.4 cm³/mol. The number of rotatable bonds is 4. The first-order valence-electron chi connectivity index (χ1n) is 6.99. The molecule has 0 aromatic heterocycles. The van der Waals surface area contributed by atoms with Crippen LogP contribution in [0.25, 0.3) is 0 Å². The summed E-state index contributed by atoms with van der Waals surface area (Å²) in [6.07, 6.45) is 0. The molecule has 0 spiro atoms. The van der Waals surface area contributed by atoms with Crippen molar-refractivity contribution in [1.82, 2.24) is 5.32 Å². The molecular formula is C15H18N2O6. The highest BCUT2D eigenvalue weighted by Crippen LogP contribution is 2.17. The quantitative estimate of drug-likeness (QED) is 0.763. The molecule has 1 heterocycles. The van der Waals surface area contributed by atoms with Crippen LogP contribution in [0.4, 0.5) is 5.69 Å². The summed E-state index contributed by atoms with van der Waals surface area (Å²) in [6.45, 7) is 1.38. The van der Waals surface area contributed by atoms with Crippen LogP contribution in [-0.4, -0.2) is 57.9 Å². The second-order valence-electron chi connectivity index (χ2n) is 4.85. The molecule has 1 saturated heterocycles. The lowest BCUT2D eigenvalue weighted by molar-refractivity contribution is -0.120. The van der Waals surface area contributed by atoms with E-state index in [2.05, 4.69) is 20.1 Å². The molecule has 1 fully saturated rings. The van der Waals surface area contributed by atoms with Crippen LogP contribution in [0.3, 0.4) is 0 Å². The molecule has 1 aromatic rings. The van der Waals surface area contributed by atoms with E-state index in [-0.39, 0.29) is 23.6 Å². The van der Waals surface area contributed by atoms with Gasteiger partial charge in [0.25, 0.3) is 0 Å². The van der Waals surface area contributed by atoms with Crippen molar-refractivity contribution in [3.63, 3.8) is 0 Å². The SMILES string of the molecule is COC(=O)c1cc(NC(=O)C2COCCN2)cc(C(=O)OC)c1. The molecule has 1 aromatic carbocycles. The number of hydrogen-bond donors (Lipinski definition) is 2. The highest BCUT2D eigenvalue weighted by atomic mass is 16.5. The summed E-state index contributed by atoms with van der Waals surface area (Å²) in [5.41, 5.74) is 0.572. The number of methoxy groups -OCH3 is 2. The third-order valence-corrected chi connectivity index (χ3v) is 3.28. The Hall–Kier alpha value is -2.45. The van der Waals surface area contributed by atoms with Gasteiger partial charge in [-0.15, -0.1) is 0 Å². The fraction of sp³-hybridized carbons (Fsp3) is 0.400. The van der Waals surface area contributed by atoms with Crippen molar-refractivity contribution in [1.29, 1.82) is 0 Å². The van der Waals surface area contributed by atoms with Gasteiger partial charge in [0, 0.05) is 12.2 Å². The van der Waals surface area contributed by atoms with E-state index in [4.69, 9.17) is 4.74 Å². The van der Waals surface area contributed by atoms with Crippen molar-refractivity contribution in [2.45, 2.75) is 6.04 Å². The van der Waals surface area contributed by atoms with E-state index in [1.165, 1.54) is 32.4 Å². The summed E-state index contributed by atoms with van der Waals surface area (Å²) >= 11 is 0. The maximum Gasteiger partial charge on any atom is 0.337 e. The highest BCUT2D eigenvalue weighted by Gasteiger charge is 2.22. The zero-order valence-electron chi connectivity index (χ0n) is 12.9. The molecule has 0 saturated carbocycles. The van der Waals surface area contributed by atoms with Gasteiger partial charge in [0.05, 0.1) is 38.6 Å². The number of amides is 1.